The zero-order valence-electron chi connectivity index (χ0n) is 29.7. The summed E-state index contributed by atoms with van der Waals surface area (Å²) >= 11 is 0. The molecule has 7 aromatic rings. The number of hydrogen-bond acceptors (Lipinski definition) is 3. The van der Waals surface area contributed by atoms with Crippen LogP contribution in [0.2, 0.25) is 19.6 Å². The fourth-order valence-corrected chi connectivity index (χ4v) is 7.38. The van der Waals surface area contributed by atoms with Crippen LogP contribution in [0.5, 0.6) is 0 Å². The third-order valence-corrected chi connectivity index (χ3v) is 10.5. The molecule has 0 amide bonds. The third kappa shape index (κ3) is 7.76. The van der Waals surface area contributed by atoms with Gasteiger partial charge in [0.1, 0.15) is 5.58 Å². The zero-order valence-corrected chi connectivity index (χ0v) is 32.1. The first-order valence-corrected chi connectivity index (χ1v) is 19.8. The SMILES string of the molecule is CC(C)c1ccnc(-c2[c-]cc3oc4ccc(-c5ccccc5)cc4c3c2)c1.[2H]C(C)(C)c1cc(-c2[c-]cccc2)ncc1[Si](C)(C)C.[Ir]. The van der Waals surface area contributed by atoms with Crippen molar-refractivity contribution in [3.63, 3.8) is 0 Å². The van der Waals surface area contributed by atoms with Gasteiger partial charge in [-0.3, -0.25) is 0 Å². The molecule has 5 heteroatoms. The van der Waals surface area contributed by atoms with Gasteiger partial charge in [0.05, 0.1) is 13.7 Å². The van der Waals surface area contributed by atoms with Gasteiger partial charge in [-0.05, 0) is 57.7 Å². The minimum atomic E-state index is -1.50. The molecule has 0 atom stereocenters. The number of rotatable bonds is 6. The molecule has 245 valence electrons. The van der Waals surface area contributed by atoms with Gasteiger partial charge in [0.15, 0.2) is 0 Å². The first-order valence-electron chi connectivity index (χ1n) is 16.8. The van der Waals surface area contributed by atoms with Crippen LogP contribution in [-0.4, -0.2) is 18.0 Å². The number of aromatic nitrogens is 2. The van der Waals surface area contributed by atoms with E-state index < -0.39 is 14.0 Å². The first-order chi connectivity index (χ1) is 22.9. The summed E-state index contributed by atoms with van der Waals surface area (Å²) in [5, 5.41) is 3.49. The van der Waals surface area contributed by atoms with Gasteiger partial charge in [-0.25, -0.2) is 0 Å². The smallest absolute Gasteiger partial charge is 0.121 e. The number of benzene rings is 4. The van der Waals surface area contributed by atoms with Crippen molar-refractivity contribution < 1.29 is 25.9 Å². The van der Waals surface area contributed by atoms with Crippen molar-refractivity contribution >= 4 is 35.2 Å². The molecule has 7 rings (SSSR count). The van der Waals surface area contributed by atoms with Crippen LogP contribution in [0.25, 0.3) is 55.6 Å². The number of hydrogen-bond donors (Lipinski definition) is 0. The van der Waals surface area contributed by atoms with E-state index in [2.05, 4.69) is 122 Å². The van der Waals surface area contributed by atoms with Gasteiger partial charge in [-0.2, -0.15) is 0 Å². The molecule has 3 aromatic heterocycles. The van der Waals surface area contributed by atoms with Crippen LogP contribution >= 0.6 is 0 Å². The van der Waals surface area contributed by atoms with Gasteiger partial charge in [-0.15, -0.1) is 59.7 Å². The number of pyridine rings is 2. The molecule has 1 radical (unpaired) electrons. The van der Waals surface area contributed by atoms with Gasteiger partial charge >= 0.3 is 0 Å². The molecular weight excluding hydrogens is 781 g/mol. The summed E-state index contributed by atoms with van der Waals surface area (Å²) in [5.41, 5.74) is 10.3. The van der Waals surface area contributed by atoms with Crippen molar-refractivity contribution in [3.8, 4) is 33.6 Å². The van der Waals surface area contributed by atoms with Crippen molar-refractivity contribution in [1.82, 2.24) is 9.97 Å². The van der Waals surface area contributed by atoms with Gasteiger partial charge in [0.2, 0.25) is 0 Å². The minimum absolute atomic E-state index is 0. The molecule has 0 spiro atoms. The molecule has 0 saturated carbocycles. The maximum absolute atomic E-state index is 8.44. The molecule has 0 bridgehead atoms. The molecule has 0 fully saturated rings. The molecule has 3 nitrogen and oxygen atoms in total. The fourth-order valence-electron chi connectivity index (χ4n) is 5.80. The molecule has 4 aromatic carbocycles. The van der Waals surface area contributed by atoms with Gasteiger partial charge in [-0.1, -0.05) is 112 Å². The van der Waals surface area contributed by atoms with Crippen LogP contribution in [0.1, 0.15) is 52.0 Å². The average molecular weight is 824 g/mol. The summed E-state index contributed by atoms with van der Waals surface area (Å²) in [6.07, 6.45) is 3.86. The van der Waals surface area contributed by atoms with E-state index in [0.29, 0.717) is 5.92 Å². The predicted molar refractivity (Wildman–Crippen MR) is 201 cm³/mol. The Kier molecular flexibility index (Phi) is 10.5. The van der Waals surface area contributed by atoms with E-state index in [1.165, 1.54) is 21.9 Å². The summed E-state index contributed by atoms with van der Waals surface area (Å²) in [6.45, 7) is 15.2. The van der Waals surface area contributed by atoms with Crippen molar-refractivity contribution in [2.45, 2.75) is 59.1 Å². The molecule has 0 aliphatic carbocycles. The maximum Gasteiger partial charge on any atom is 0.121 e. The van der Waals surface area contributed by atoms with Gasteiger partial charge in [0.25, 0.3) is 0 Å². The molecule has 3 heterocycles. The Bertz CT molecular complexity index is 2180. The molecule has 0 N–H and O–H groups in total. The predicted octanol–water partition coefficient (Wildman–Crippen LogP) is 11.5. The number of furan rings is 1. The van der Waals surface area contributed by atoms with Crippen LogP contribution in [0, 0.1) is 12.1 Å². The van der Waals surface area contributed by atoms with E-state index in [9.17, 15) is 0 Å². The molecule has 0 aliphatic heterocycles. The summed E-state index contributed by atoms with van der Waals surface area (Å²) < 4.78 is 14.5. The standard InChI is InChI=1S/C26H20NO.C17H22NSi.Ir/c1-17(2)19-12-13-27-24(16-19)21-9-11-26-23(15-21)22-14-20(8-10-25(22)28-26)18-6-4-3-5-7-18;1-13(2)15-11-16(14-9-7-6-8-10-14)18-12-17(15)19(3,4)5;/h3-8,10-17H,1-2H3;6-9,11-13H,1-5H3;/q2*-1;/i;13D;. The van der Waals surface area contributed by atoms with E-state index in [4.69, 9.17) is 5.79 Å². The Morgan fingerprint density at radius 1 is 0.708 bits per heavy atom. The van der Waals surface area contributed by atoms with E-state index in [0.717, 1.165) is 50.0 Å². The summed E-state index contributed by atoms with van der Waals surface area (Å²) in [5.74, 6) is -0.143. The summed E-state index contributed by atoms with van der Waals surface area (Å²) in [7, 11) is -1.50. The van der Waals surface area contributed by atoms with Crippen LogP contribution in [0.15, 0.2) is 120 Å². The van der Waals surface area contributed by atoms with Crippen molar-refractivity contribution in [2.75, 3.05) is 0 Å². The van der Waals surface area contributed by atoms with Crippen LogP contribution < -0.4 is 5.19 Å². The Labute approximate surface area is 301 Å². The quantitative estimate of drug-likeness (QED) is 0.124. The summed E-state index contributed by atoms with van der Waals surface area (Å²) in [6, 6.07) is 41.6. The molecule has 0 saturated heterocycles. The van der Waals surface area contributed by atoms with Crippen molar-refractivity contribution in [1.29, 1.82) is 0 Å². The third-order valence-electron chi connectivity index (χ3n) is 8.47. The molecule has 0 unspecified atom stereocenters. The Morgan fingerprint density at radius 3 is 2.12 bits per heavy atom. The fraction of sp³-hybridized carbons (Fsp3) is 0.209. The van der Waals surface area contributed by atoms with Crippen LogP contribution in [0.4, 0.5) is 0 Å². The van der Waals surface area contributed by atoms with E-state index >= 15 is 0 Å². The Morgan fingerprint density at radius 2 is 1.44 bits per heavy atom. The van der Waals surface area contributed by atoms with Crippen molar-refractivity contribution in [3.05, 3.63) is 139 Å². The van der Waals surface area contributed by atoms with Gasteiger partial charge < -0.3 is 14.4 Å². The number of nitrogens with zero attached hydrogens (tertiary/aromatic N) is 2. The molecule has 0 aliphatic rings. The largest absolute Gasteiger partial charge is 0.500 e. The van der Waals surface area contributed by atoms with Crippen LogP contribution in [-0.2, 0) is 20.1 Å². The van der Waals surface area contributed by atoms with Gasteiger partial charge in [0, 0.05) is 39.3 Å². The van der Waals surface area contributed by atoms with E-state index in [-0.39, 0.29) is 20.1 Å². The minimum Gasteiger partial charge on any atom is -0.500 e. The molecular formula is C43H42IrN2OSi-2. The zero-order chi connectivity index (χ0) is 34.1. The molecule has 48 heavy (non-hydrogen) atoms. The number of fused-ring (bicyclic) bond motifs is 3. The second-order valence-electron chi connectivity index (χ2n) is 13.6. The Balaban J connectivity index is 0.000000199. The Hall–Kier alpha value is -4.15. The second kappa shape index (κ2) is 14.9. The topological polar surface area (TPSA) is 38.9 Å². The van der Waals surface area contributed by atoms with E-state index in [1.807, 2.05) is 62.6 Å². The first kappa shape index (κ1) is 33.7. The average Bonchev–Trinajstić information content (AvgIpc) is 3.45. The second-order valence-corrected chi connectivity index (χ2v) is 18.6. The van der Waals surface area contributed by atoms with Crippen LogP contribution in [0.3, 0.4) is 0 Å². The normalized spacial score (nSPS) is 12.0. The monoisotopic (exact) mass is 824 g/mol. The summed E-state index contributed by atoms with van der Waals surface area (Å²) in [4.78, 5) is 9.18. The van der Waals surface area contributed by atoms with E-state index in [1.54, 1.807) is 0 Å². The maximum atomic E-state index is 8.44. The van der Waals surface area contributed by atoms with Crippen molar-refractivity contribution in [2.24, 2.45) is 0 Å².